The molecule has 4 rings (SSSR count). The summed E-state index contributed by atoms with van der Waals surface area (Å²) in [5.74, 6) is -5.15. The third-order valence-electron chi connectivity index (χ3n) is 6.31. The molecule has 0 saturated heterocycles. The summed E-state index contributed by atoms with van der Waals surface area (Å²) < 4.78 is 0. The zero-order valence-corrected chi connectivity index (χ0v) is 20.4. The van der Waals surface area contributed by atoms with E-state index in [-0.39, 0.29) is 27.8 Å². The standard InChI is InChI=1S/C30H22O8/c1-15-5-3-4-6-22(15)19-13-24(29(35)36)26(25(14-19)30(37)38)17-7-8-23(16(2)9-17)18-10-20(27(31)32)12-21(11-18)28(33)34/h3-14H,1-2H3,(H,31,32)(H,33,34)(H,35,36)(H,37,38). The number of rotatable bonds is 7. The second kappa shape index (κ2) is 10.0. The largest absolute Gasteiger partial charge is 0.478 e. The quantitative estimate of drug-likeness (QED) is 0.233. The molecule has 0 fully saturated rings. The van der Waals surface area contributed by atoms with Crippen LogP contribution >= 0.6 is 0 Å². The van der Waals surface area contributed by atoms with Gasteiger partial charge in [0.15, 0.2) is 0 Å². The first-order valence-electron chi connectivity index (χ1n) is 11.4. The Bertz CT molecular complexity index is 1580. The average Bonchev–Trinajstić information content (AvgIpc) is 2.87. The Balaban J connectivity index is 1.93. The molecule has 38 heavy (non-hydrogen) atoms. The van der Waals surface area contributed by atoms with E-state index in [1.165, 1.54) is 30.3 Å². The summed E-state index contributed by atoms with van der Waals surface area (Å²) in [4.78, 5) is 47.7. The van der Waals surface area contributed by atoms with Gasteiger partial charge in [-0.05, 0) is 83.1 Å². The van der Waals surface area contributed by atoms with Crippen molar-refractivity contribution >= 4 is 23.9 Å². The minimum absolute atomic E-state index is 0.0301. The molecule has 0 amide bonds. The molecule has 8 heteroatoms. The maximum absolute atomic E-state index is 12.3. The lowest BCUT2D eigenvalue weighted by molar-refractivity contribution is 0.0677. The number of aryl methyl sites for hydroxylation is 2. The predicted octanol–water partition coefficient (Wildman–Crippen LogP) is 6.10. The Morgan fingerprint density at radius 2 is 1.00 bits per heavy atom. The normalized spacial score (nSPS) is 10.7. The molecule has 4 N–H and O–H groups in total. The fourth-order valence-electron chi connectivity index (χ4n) is 4.52. The zero-order chi connectivity index (χ0) is 27.7. The summed E-state index contributed by atoms with van der Waals surface area (Å²) in [7, 11) is 0. The lowest BCUT2D eigenvalue weighted by atomic mass is 9.87. The van der Waals surface area contributed by atoms with Crippen molar-refractivity contribution in [1.82, 2.24) is 0 Å². The van der Waals surface area contributed by atoms with Crippen LogP contribution in [0.2, 0.25) is 0 Å². The van der Waals surface area contributed by atoms with Crippen molar-refractivity contribution in [3.8, 4) is 33.4 Å². The second-order valence-corrected chi connectivity index (χ2v) is 8.81. The van der Waals surface area contributed by atoms with Crippen LogP contribution in [0.4, 0.5) is 0 Å². The van der Waals surface area contributed by atoms with Gasteiger partial charge in [-0.3, -0.25) is 0 Å². The molecule has 4 aromatic carbocycles. The van der Waals surface area contributed by atoms with Gasteiger partial charge < -0.3 is 20.4 Å². The van der Waals surface area contributed by atoms with Crippen LogP contribution in [-0.4, -0.2) is 44.3 Å². The third kappa shape index (κ3) is 4.87. The van der Waals surface area contributed by atoms with Crippen LogP contribution in [0, 0.1) is 13.8 Å². The Morgan fingerprint density at radius 1 is 0.500 bits per heavy atom. The third-order valence-corrected chi connectivity index (χ3v) is 6.31. The highest BCUT2D eigenvalue weighted by molar-refractivity contribution is 6.07. The van der Waals surface area contributed by atoms with Gasteiger partial charge in [0.2, 0.25) is 0 Å². The Kier molecular flexibility index (Phi) is 6.81. The first-order chi connectivity index (χ1) is 18.0. The number of carbonyl (C=O) groups is 4. The number of benzene rings is 4. The van der Waals surface area contributed by atoms with Crippen molar-refractivity contribution in [2.45, 2.75) is 13.8 Å². The molecule has 0 aliphatic heterocycles. The van der Waals surface area contributed by atoms with E-state index in [1.807, 2.05) is 19.1 Å². The van der Waals surface area contributed by atoms with Crippen LogP contribution in [0.5, 0.6) is 0 Å². The van der Waals surface area contributed by atoms with Gasteiger partial charge in [0.25, 0.3) is 0 Å². The number of carboxylic acid groups (broad SMARTS) is 4. The number of carboxylic acids is 4. The van der Waals surface area contributed by atoms with Gasteiger partial charge in [0, 0.05) is 5.56 Å². The van der Waals surface area contributed by atoms with Crippen molar-refractivity contribution in [2.75, 3.05) is 0 Å². The van der Waals surface area contributed by atoms with Gasteiger partial charge in [-0.1, -0.05) is 42.5 Å². The van der Waals surface area contributed by atoms with Gasteiger partial charge in [0.1, 0.15) is 0 Å². The molecule has 190 valence electrons. The van der Waals surface area contributed by atoms with E-state index in [9.17, 15) is 39.6 Å². The first-order valence-corrected chi connectivity index (χ1v) is 11.4. The van der Waals surface area contributed by atoms with E-state index in [0.29, 0.717) is 33.4 Å². The van der Waals surface area contributed by atoms with Crippen LogP contribution in [0.25, 0.3) is 33.4 Å². The van der Waals surface area contributed by atoms with Crippen molar-refractivity contribution in [1.29, 1.82) is 0 Å². The highest BCUT2D eigenvalue weighted by atomic mass is 16.4. The van der Waals surface area contributed by atoms with Gasteiger partial charge in [-0.2, -0.15) is 0 Å². The molecule has 8 nitrogen and oxygen atoms in total. The van der Waals surface area contributed by atoms with E-state index in [2.05, 4.69) is 0 Å². The van der Waals surface area contributed by atoms with Crippen molar-refractivity contribution < 1.29 is 39.6 Å². The Morgan fingerprint density at radius 3 is 1.47 bits per heavy atom. The molecule has 0 spiro atoms. The zero-order valence-electron chi connectivity index (χ0n) is 20.4. The highest BCUT2D eigenvalue weighted by Gasteiger charge is 2.23. The monoisotopic (exact) mass is 510 g/mol. The SMILES string of the molecule is Cc1ccccc1-c1cc(C(=O)O)c(-c2ccc(-c3cc(C(=O)O)cc(C(=O)O)c3)c(C)c2)c(C(=O)O)c1. The lowest BCUT2D eigenvalue weighted by Crippen LogP contribution is -2.08. The van der Waals surface area contributed by atoms with Gasteiger partial charge in [-0.15, -0.1) is 0 Å². The maximum Gasteiger partial charge on any atom is 0.336 e. The maximum atomic E-state index is 12.3. The molecule has 0 radical (unpaired) electrons. The topological polar surface area (TPSA) is 149 Å². The highest BCUT2D eigenvalue weighted by Crippen LogP contribution is 2.37. The van der Waals surface area contributed by atoms with E-state index < -0.39 is 23.9 Å². The molecule has 0 bridgehead atoms. The fourth-order valence-corrected chi connectivity index (χ4v) is 4.52. The number of hydrogen-bond acceptors (Lipinski definition) is 4. The molecule has 0 heterocycles. The van der Waals surface area contributed by atoms with Crippen molar-refractivity contribution in [3.63, 3.8) is 0 Å². The molecule has 0 aliphatic carbocycles. The van der Waals surface area contributed by atoms with Crippen molar-refractivity contribution in [3.05, 3.63) is 106 Å². The second-order valence-electron chi connectivity index (χ2n) is 8.81. The molecule has 4 aromatic rings. The number of aromatic carboxylic acids is 4. The van der Waals surface area contributed by atoms with E-state index in [0.717, 1.165) is 11.6 Å². The molecule has 0 aromatic heterocycles. The lowest BCUT2D eigenvalue weighted by Gasteiger charge is -2.16. The van der Waals surface area contributed by atoms with Crippen LogP contribution in [0.15, 0.2) is 72.8 Å². The van der Waals surface area contributed by atoms with Crippen LogP contribution in [0.1, 0.15) is 52.6 Å². The Hall–Kier alpha value is -5.24. The van der Waals surface area contributed by atoms with E-state index in [4.69, 9.17) is 0 Å². The molecular weight excluding hydrogens is 488 g/mol. The average molecular weight is 510 g/mol. The smallest absolute Gasteiger partial charge is 0.336 e. The van der Waals surface area contributed by atoms with Crippen LogP contribution in [-0.2, 0) is 0 Å². The van der Waals surface area contributed by atoms with E-state index >= 15 is 0 Å². The van der Waals surface area contributed by atoms with Crippen LogP contribution in [0.3, 0.4) is 0 Å². The van der Waals surface area contributed by atoms with Gasteiger partial charge >= 0.3 is 23.9 Å². The van der Waals surface area contributed by atoms with E-state index in [1.54, 1.807) is 31.2 Å². The van der Waals surface area contributed by atoms with Gasteiger partial charge in [-0.25, -0.2) is 19.2 Å². The summed E-state index contributed by atoms with van der Waals surface area (Å²) in [6.45, 7) is 3.54. The van der Waals surface area contributed by atoms with Crippen molar-refractivity contribution in [2.24, 2.45) is 0 Å². The van der Waals surface area contributed by atoms with Crippen LogP contribution < -0.4 is 0 Å². The predicted molar refractivity (Wildman–Crippen MR) is 140 cm³/mol. The molecular formula is C30H22O8. The van der Waals surface area contributed by atoms with Gasteiger partial charge in [0.05, 0.1) is 22.3 Å². The molecule has 0 atom stereocenters. The summed E-state index contributed by atoms with van der Waals surface area (Å²) in [6.07, 6.45) is 0. The molecule has 0 unspecified atom stereocenters. The number of hydrogen-bond donors (Lipinski definition) is 4. The Labute approximate surface area is 217 Å². The molecule has 0 aliphatic rings. The summed E-state index contributed by atoms with van der Waals surface area (Å²) in [6, 6.07) is 18.6. The first kappa shape index (κ1) is 25.8. The summed E-state index contributed by atoms with van der Waals surface area (Å²) in [5.41, 5.74) is 3.07. The fraction of sp³-hybridized carbons (Fsp3) is 0.0667. The molecule has 0 saturated carbocycles. The minimum Gasteiger partial charge on any atom is -0.478 e. The minimum atomic E-state index is -1.29. The summed E-state index contributed by atoms with van der Waals surface area (Å²) >= 11 is 0. The summed E-state index contributed by atoms with van der Waals surface area (Å²) in [5, 5.41) is 38.9.